The van der Waals surface area contributed by atoms with Crippen molar-refractivity contribution in [3.8, 4) is 16.9 Å². The SMILES string of the molecule is CCOC(=O)c1cc(-c2cccc(NC(=O)c3cc(C)oc3C(F)(F)F)c2)n(-c2cccc(F)c2)n1. The summed E-state index contributed by atoms with van der Waals surface area (Å²) < 4.78 is 64.7. The van der Waals surface area contributed by atoms with Crippen molar-refractivity contribution in [2.75, 3.05) is 11.9 Å². The number of aromatic nitrogens is 2. The van der Waals surface area contributed by atoms with Crippen LogP contribution in [-0.4, -0.2) is 28.3 Å². The molecule has 0 aliphatic carbocycles. The summed E-state index contributed by atoms with van der Waals surface area (Å²) >= 11 is 0. The Hall–Kier alpha value is -4.41. The lowest BCUT2D eigenvalue weighted by molar-refractivity contribution is -0.153. The number of esters is 1. The van der Waals surface area contributed by atoms with Gasteiger partial charge in [-0.25, -0.2) is 13.9 Å². The number of nitrogens with one attached hydrogen (secondary N) is 1. The molecule has 4 rings (SSSR count). The number of alkyl halides is 3. The van der Waals surface area contributed by atoms with E-state index in [1.54, 1.807) is 25.1 Å². The van der Waals surface area contributed by atoms with Gasteiger partial charge in [0, 0.05) is 11.3 Å². The molecule has 1 amide bonds. The van der Waals surface area contributed by atoms with Crippen LogP contribution < -0.4 is 5.32 Å². The second kappa shape index (κ2) is 9.68. The van der Waals surface area contributed by atoms with Crippen molar-refractivity contribution >= 4 is 17.6 Å². The van der Waals surface area contributed by atoms with Gasteiger partial charge in [0.1, 0.15) is 11.6 Å². The van der Waals surface area contributed by atoms with Gasteiger partial charge in [-0.1, -0.05) is 18.2 Å². The molecule has 0 saturated carbocycles. The lowest BCUT2D eigenvalue weighted by Crippen LogP contribution is -2.16. The first-order valence-electron chi connectivity index (χ1n) is 10.7. The number of ether oxygens (including phenoxy) is 1. The van der Waals surface area contributed by atoms with Crippen LogP contribution in [0.5, 0.6) is 0 Å². The Morgan fingerprint density at radius 2 is 1.83 bits per heavy atom. The molecular formula is C25H19F4N3O4. The van der Waals surface area contributed by atoms with E-state index in [4.69, 9.17) is 4.74 Å². The minimum absolute atomic E-state index is 0.0331. The highest BCUT2D eigenvalue weighted by molar-refractivity contribution is 6.05. The average Bonchev–Trinajstić information content (AvgIpc) is 3.44. The second-order valence-corrected chi connectivity index (χ2v) is 7.66. The Kier molecular flexibility index (Phi) is 6.65. The number of furan rings is 1. The van der Waals surface area contributed by atoms with Crippen molar-refractivity contribution in [2.45, 2.75) is 20.0 Å². The number of hydrogen-bond acceptors (Lipinski definition) is 5. The summed E-state index contributed by atoms with van der Waals surface area (Å²) in [6, 6.07) is 14.1. The molecular weight excluding hydrogens is 482 g/mol. The molecule has 4 aromatic rings. The summed E-state index contributed by atoms with van der Waals surface area (Å²) in [4.78, 5) is 24.9. The smallest absolute Gasteiger partial charge is 0.450 e. The first-order valence-corrected chi connectivity index (χ1v) is 10.7. The molecule has 7 nitrogen and oxygen atoms in total. The van der Waals surface area contributed by atoms with Gasteiger partial charge in [0.25, 0.3) is 5.91 Å². The van der Waals surface area contributed by atoms with E-state index in [-0.39, 0.29) is 23.7 Å². The van der Waals surface area contributed by atoms with Crippen molar-refractivity contribution < 1.29 is 36.3 Å². The van der Waals surface area contributed by atoms with Crippen LogP contribution in [0.1, 0.15) is 39.3 Å². The molecule has 0 atom stereocenters. The van der Waals surface area contributed by atoms with Crippen LogP contribution in [0.4, 0.5) is 23.2 Å². The fourth-order valence-corrected chi connectivity index (χ4v) is 3.54. The third kappa shape index (κ3) is 5.14. The van der Waals surface area contributed by atoms with Crippen molar-refractivity contribution in [2.24, 2.45) is 0 Å². The number of aryl methyl sites for hydroxylation is 1. The quantitative estimate of drug-likeness (QED) is 0.258. The monoisotopic (exact) mass is 501 g/mol. The van der Waals surface area contributed by atoms with Gasteiger partial charge < -0.3 is 14.5 Å². The Morgan fingerprint density at radius 1 is 1.08 bits per heavy atom. The standard InChI is InChI=1S/C25H19F4N3O4/c1-3-35-24(34)20-13-21(32(31-20)18-9-5-7-16(26)12-18)15-6-4-8-17(11-15)30-23(33)19-10-14(2)36-22(19)25(27,28)29/h4-13H,3H2,1-2H3,(H,30,33). The molecule has 11 heteroatoms. The van der Waals surface area contributed by atoms with E-state index in [1.807, 2.05) is 0 Å². The first-order chi connectivity index (χ1) is 17.1. The molecule has 1 N–H and O–H groups in total. The third-order valence-corrected chi connectivity index (χ3v) is 5.02. The number of halogens is 4. The van der Waals surface area contributed by atoms with Gasteiger partial charge in [-0.3, -0.25) is 4.79 Å². The first kappa shape index (κ1) is 24.7. The van der Waals surface area contributed by atoms with Gasteiger partial charge in [0.15, 0.2) is 5.69 Å². The molecule has 36 heavy (non-hydrogen) atoms. The topological polar surface area (TPSA) is 86.4 Å². The molecule has 2 heterocycles. The van der Waals surface area contributed by atoms with Crippen LogP contribution >= 0.6 is 0 Å². The van der Waals surface area contributed by atoms with Gasteiger partial charge >= 0.3 is 12.1 Å². The maximum absolute atomic E-state index is 13.9. The lowest BCUT2D eigenvalue weighted by atomic mass is 10.1. The van der Waals surface area contributed by atoms with Crippen LogP contribution in [0.25, 0.3) is 16.9 Å². The highest BCUT2D eigenvalue weighted by atomic mass is 19.4. The van der Waals surface area contributed by atoms with Crippen molar-refractivity contribution in [1.29, 1.82) is 0 Å². The van der Waals surface area contributed by atoms with E-state index in [0.29, 0.717) is 16.9 Å². The van der Waals surface area contributed by atoms with Gasteiger partial charge in [-0.15, -0.1) is 0 Å². The molecule has 0 saturated heterocycles. The molecule has 2 aromatic heterocycles. The minimum atomic E-state index is -4.84. The van der Waals surface area contributed by atoms with Crippen LogP contribution in [0.2, 0.25) is 0 Å². The molecule has 0 unspecified atom stereocenters. The second-order valence-electron chi connectivity index (χ2n) is 7.66. The summed E-state index contributed by atoms with van der Waals surface area (Å²) in [5.41, 5.74) is 0.608. The number of benzene rings is 2. The zero-order valence-electron chi connectivity index (χ0n) is 19.0. The molecule has 2 aromatic carbocycles. The molecule has 0 aliphatic heterocycles. The van der Waals surface area contributed by atoms with E-state index in [2.05, 4.69) is 14.8 Å². The fraction of sp³-hybridized carbons (Fsp3) is 0.160. The molecule has 0 aliphatic rings. The summed E-state index contributed by atoms with van der Waals surface area (Å²) in [5, 5.41) is 6.68. The van der Waals surface area contributed by atoms with Gasteiger partial charge in [0.05, 0.1) is 23.6 Å². The summed E-state index contributed by atoms with van der Waals surface area (Å²) in [6.07, 6.45) is -4.84. The number of carbonyl (C=O) groups is 2. The maximum atomic E-state index is 13.9. The number of hydrogen-bond donors (Lipinski definition) is 1. The maximum Gasteiger partial charge on any atom is 0.450 e. The molecule has 0 spiro atoms. The Bertz CT molecular complexity index is 1440. The number of rotatable bonds is 6. The summed E-state index contributed by atoms with van der Waals surface area (Å²) in [6.45, 7) is 3.07. The third-order valence-electron chi connectivity index (χ3n) is 5.02. The molecule has 186 valence electrons. The van der Waals surface area contributed by atoms with E-state index >= 15 is 0 Å². The van der Waals surface area contributed by atoms with Crippen LogP contribution in [0, 0.1) is 12.7 Å². The number of carbonyl (C=O) groups excluding carboxylic acids is 2. The van der Waals surface area contributed by atoms with Gasteiger partial charge in [-0.05, 0) is 56.3 Å². The van der Waals surface area contributed by atoms with Crippen LogP contribution in [-0.2, 0) is 10.9 Å². The normalized spacial score (nSPS) is 11.4. The number of amides is 1. The van der Waals surface area contributed by atoms with E-state index < -0.39 is 35.2 Å². The van der Waals surface area contributed by atoms with E-state index in [0.717, 1.165) is 6.07 Å². The minimum Gasteiger partial charge on any atom is -0.461 e. The van der Waals surface area contributed by atoms with Crippen molar-refractivity contribution in [1.82, 2.24) is 9.78 Å². The largest absolute Gasteiger partial charge is 0.461 e. The van der Waals surface area contributed by atoms with Gasteiger partial charge in [-0.2, -0.15) is 18.3 Å². The Labute approximate surface area is 202 Å². The predicted molar refractivity (Wildman–Crippen MR) is 121 cm³/mol. The van der Waals surface area contributed by atoms with Crippen molar-refractivity contribution in [3.05, 3.63) is 89.3 Å². The molecule has 0 radical (unpaired) electrons. The van der Waals surface area contributed by atoms with Crippen LogP contribution in [0.3, 0.4) is 0 Å². The molecule has 0 bridgehead atoms. The number of nitrogens with zero attached hydrogens (tertiary/aromatic N) is 2. The van der Waals surface area contributed by atoms with E-state index in [1.165, 1.54) is 48.0 Å². The van der Waals surface area contributed by atoms with E-state index in [9.17, 15) is 27.2 Å². The summed E-state index contributed by atoms with van der Waals surface area (Å²) in [5.74, 6) is -3.68. The highest BCUT2D eigenvalue weighted by Gasteiger charge is 2.40. The number of anilines is 1. The zero-order valence-corrected chi connectivity index (χ0v) is 19.0. The highest BCUT2D eigenvalue weighted by Crippen LogP contribution is 2.34. The lowest BCUT2D eigenvalue weighted by Gasteiger charge is -2.11. The average molecular weight is 501 g/mol. The van der Waals surface area contributed by atoms with Gasteiger partial charge in [0.2, 0.25) is 5.76 Å². The fourth-order valence-electron chi connectivity index (χ4n) is 3.54. The summed E-state index contributed by atoms with van der Waals surface area (Å²) in [7, 11) is 0. The molecule has 0 fully saturated rings. The predicted octanol–water partition coefficient (Wildman–Crippen LogP) is 6.03. The zero-order chi connectivity index (χ0) is 26.0. The van der Waals surface area contributed by atoms with Crippen molar-refractivity contribution in [3.63, 3.8) is 0 Å². The Balaban J connectivity index is 1.72. The van der Waals surface area contributed by atoms with Crippen LogP contribution in [0.15, 0.2) is 65.1 Å². The Morgan fingerprint density at radius 3 is 2.53 bits per heavy atom.